The summed E-state index contributed by atoms with van der Waals surface area (Å²) in [4.78, 5) is 5.02. The van der Waals surface area contributed by atoms with Crippen LogP contribution in [0.3, 0.4) is 0 Å². The molecule has 0 unspecified atom stereocenters. The zero-order valence-corrected chi connectivity index (χ0v) is 14.2. The lowest BCUT2D eigenvalue weighted by atomic mass is 10.0. The van der Waals surface area contributed by atoms with Crippen molar-refractivity contribution >= 4 is 40.2 Å². The fourth-order valence-corrected chi connectivity index (χ4v) is 3.20. The number of nitrogens with one attached hydrogen (secondary N) is 1. The van der Waals surface area contributed by atoms with Crippen LogP contribution in [0.25, 0.3) is 11.1 Å². The molecule has 0 radical (unpaired) electrons. The molecule has 114 valence electrons. The van der Waals surface area contributed by atoms with Crippen LogP contribution in [0.4, 0.5) is 5.69 Å². The Kier molecular flexibility index (Phi) is 4.82. The second-order valence-electron chi connectivity index (χ2n) is 4.81. The number of hydrogen-bond donors (Lipinski definition) is 1. The Balaban J connectivity index is 1.82. The smallest absolute Gasteiger partial charge is 0.183 e. The highest BCUT2D eigenvalue weighted by Gasteiger charge is 2.06. The highest BCUT2D eigenvalue weighted by Crippen LogP contribution is 2.27. The normalized spacial score (nSPS) is 10.3. The summed E-state index contributed by atoms with van der Waals surface area (Å²) in [5.74, 6) is 0. The summed E-state index contributed by atoms with van der Waals surface area (Å²) in [6, 6.07) is 15.5. The van der Waals surface area contributed by atoms with E-state index in [2.05, 4.69) is 16.4 Å². The third-order valence-corrected chi connectivity index (χ3v) is 4.66. The number of halogens is 2. The zero-order chi connectivity index (χ0) is 16.2. The Morgan fingerprint density at radius 3 is 2.48 bits per heavy atom. The van der Waals surface area contributed by atoms with E-state index in [0.29, 0.717) is 21.6 Å². The van der Waals surface area contributed by atoms with Crippen LogP contribution in [-0.4, -0.2) is 4.98 Å². The molecular weight excluding hydrogens is 349 g/mol. The van der Waals surface area contributed by atoms with Gasteiger partial charge in [-0.15, -0.1) is 11.3 Å². The van der Waals surface area contributed by atoms with Crippen LogP contribution in [0.2, 0.25) is 9.49 Å². The molecule has 0 aliphatic rings. The molecule has 3 nitrogen and oxygen atoms in total. The number of nitriles is 1. The molecule has 0 aliphatic heterocycles. The molecule has 0 saturated heterocycles. The highest BCUT2D eigenvalue weighted by atomic mass is 35.5. The van der Waals surface area contributed by atoms with Gasteiger partial charge in [-0.2, -0.15) is 5.26 Å². The van der Waals surface area contributed by atoms with Gasteiger partial charge in [0.15, 0.2) is 4.47 Å². The van der Waals surface area contributed by atoms with Crippen molar-refractivity contribution in [3.05, 3.63) is 68.6 Å². The van der Waals surface area contributed by atoms with Crippen LogP contribution in [0.15, 0.2) is 48.7 Å². The minimum Gasteiger partial charge on any atom is -0.379 e. The van der Waals surface area contributed by atoms with Crippen molar-refractivity contribution in [1.29, 1.82) is 5.26 Å². The summed E-state index contributed by atoms with van der Waals surface area (Å²) < 4.78 is 0.514. The van der Waals surface area contributed by atoms with E-state index in [1.165, 1.54) is 11.3 Å². The largest absolute Gasteiger partial charge is 0.379 e. The maximum Gasteiger partial charge on any atom is 0.183 e. The lowest BCUT2D eigenvalue weighted by Crippen LogP contribution is -2.00. The van der Waals surface area contributed by atoms with Crippen molar-refractivity contribution in [2.75, 3.05) is 5.32 Å². The SMILES string of the molecule is N#Cc1cc(-c2ccc(Cl)cc2)ccc1NCc1cnc(Cl)s1. The Morgan fingerprint density at radius 2 is 1.83 bits per heavy atom. The van der Waals surface area contributed by atoms with Gasteiger partial charge in [-0.25, -0.2) is 4.98 Å². The van der Waals surface area contributed by atoms with E-state index in [1.54, 1.807) is 6.20 Å². The first-order valence-electron chi connectivity index (χ1n) is 6.80. The molecule has 1 aromatic heterocycles. The molecule has 0 bridgehead atoms. The van der Waals surface area contributed by atoms with Crippen LogP contribution in [-0.2, 0) is 6.54 Å². The van der Waals surface area contributed by atoms with Crippen LogP contribution in [0.1, 0.15) is 10.4 Å². The third-order valence-electron chi connectivity index (χ3n) is 3.30. The first kappa shape index (κ1) is 15.8. The predicted octanol–water partition coefficient (Wildman–Crippen LogP) is 5.60. The first-order valence-corrected chi connectivity index (χ1v) is 8.37. The van der Waals surface area contributed by atoms with Crippen LogP contribution in [0.5, 0.6) is 0 Å². The van der Waals surface area contributed by atoms with Crippen molar-refractivity contribution < 1.29 is 0 Å². The van der Waals surface area contributed by atoms with E-state index in [4.69, 9.17) is 23.2 Å². The summed E-state index contributed by atoms with van der Waals surface area (Å²) in [5, 5.41) is 13.3. The van der Waals surface area contributed by atoms with Gasteiger partial charge in [0.25, 0.3) is 0 Å². The van der Waals surface area contributed by atoms with Gasteiger partial charge in [0.1, 0.15) is 6.07 Å². The first-order chi connectivity index (χ1) is 11.2. The third kappa shape index (κ3) is 3.83. The van der Waals surface area contributed by atoms with Crippen molar-refractivity contribution in [2.45, 2.75) is 6.54 Å². The molecule has 0 atom stereocenters. The van der Waals surface area contributed by atoms with Gasteiger partial charge in [0, 0.05) is 16.1 Å². The Bertz CT molecular complexity index is 866. The topological polar surface area (TPSA) is 48.7 Å². The van der Waals surface area contributed by atoms with E-state index < -0.39 is 0 Å². The number of thiazole rings is 1. The minimum atomic E-state index is 0.514. The summed E-state index contributed by atoms with van der Waals surface area (Å²) in [6.45, 7) is 0.583. The second kappa shape index (κ2) is 7.01. The van der Waals surface area contributed by atoms with Crippen LogP contribution >= 0.6 is 34.5 Å². The number of anilines is 1. The molecule has 2 aromatic carbocycles. The van der Waals surface area contributed by atoms with E-state index in [9.17, 15) is 5.26 Å². The molecular formula is C17H11Cl2N3S. The summed E-state index contributed by atoms with van der Waals surface area (Å²) in [5.41, 5.74) is 3.37. The fraction of sp³-hybridized carbons (Fsp3) is 0.0588. The van der Waals surface area contributed by atoms with Gasteiger partial charge in [-0.1, -0.05) is 41.4 Å². The van der Waals surface area contributed by atoms with Crippen molar-refractivity contribution in [3.8, 4) is 17.2 Å². The lowest BCUT2D eigenvalue weighted by Gasteiger charge is -2.09. The quantitative estimate of drug-likeness (QED) is 0.659. The summed E-state index contributed by atoms with van der Waals surface area (Å²) >= 11 is 13.1. The van der Waals surface area contributed by atoms with Crippen LogP contribution < -0.4 is 5.32 Å². The highest BCUT2D eigenvalue weighted by molar-refractivity contribution is 7.15. The van der Waals surface area contributed by atoms with E-state index in [1.807, 2.05) is 42.5 Å². The van der Waals surface area contributed by atoms with Gasteiger partial charge in [0.2, 0.25) is 0 Å². The monoisotopic (exact) mass is 359 g/mol. The van der Waals surface area contributed by atoms with Gasteiger partial charge in [-0.05, 0) is 35.4 Å². The molecule has 3 aromatic rings. The fourth-order valence-electron chi connectivity index (χ4n) is 2.16. The lowest BCUT2D eigenvalue weighted by molar-refractivity contribution is 1.17. The summed E-state index contributed by atoms with van der Waals surface area (Å²) in [7, 11) is 0. The molecule has 1 N–H and O–H groups in total. The molecule has 0 fully saturated rings. The van der Waals surface area contributed by atoms with Gasteiger partial charge < -0.3 is 5.32 Å². The second-order valence-corrected chi connectivity index (χ2v) is 6.95. The predicted molar refractivity (Wildman–Crippen MR) is 96.1 cm³/mol. The molecule has 6 heteroatoms. The van der Waals surface area contributed by atoms with Gasteiger partial charge in [0.05, 0.1) is 17.8 Å². The molecule has 0 amide bonds. The number of hydrogen-bond acceptors (Lipinski definition) is 4. The molecule has 0 spiro atoms. The Labute approximate surface area is 148 Å². The molecule has 0 saturated carbocycles. The van der Waals surface area contributed by atoms with E-state index >= 15 is 0 Å². The Hall–Kier alpha value is -2.06. The average molecular weight is 360 g/mol. The minimum absolute atomic E-state index is 0.514. The Morgan fingerprint density at radius 1 is 1.09 bits per heavy atom. The molecule has 3 rings (SSSR count). The zero-order valence-electron chi connectivity index (χ0n) is 11.9. The number of rotatable bonds is 4. The van der Waals surface area contributed by atoms with Crippen LogP contribution in [0, 0.1) is 11.3 Å². The van der Waals surface area contributed by atoms with E-state index in [0.717, 1.165) is 21.7 Å². The maximum atomic E-state index is 9.39. The maximum absolute atomic E-state index is 9.39. The van der Waals surface area contributed by atoms with Crippen molar-refractivity contribution in [1.82, 2.24) is 4.98 Å². The van der Waals surface area contributed by atoms with Crippen molar-refractivity contribution in [3.63, 3.8) is 0 Å². The number of benzene rings is 2. The molecule has 0 aliphatic carbocycles. The van der Waals surface area contributed by atoms with E-state index in [-0.39, 0.29) is 0 Å². The standard InChI is InChI=1S/C17H11Cl2N3S/c18-14-4-1-11(2-5-14)12-3-6-16(13(7-12)8-20)21-9-15-10-22-17(19)23-15/h1-7,10,21H,9H2. The number of nitrogens with zero attached hydrogens (tertiary/aromatic N) is 2. The van der Waals surface area contributed by atoms with Gasteiger partial charge in [-0.3, -0.25) is 0 Å². The average Bonchev–Trinajstić information content (AvgIpc) is 2.99. The number of aromatic nitrogens is 1. The molecule has 23 heavy (non-hydrogen) atoms. The van der Waals surface area contributed by atoms with Crippen molar-refractivity contribution in [2.24, 2.45) is 0 Å². The summed E-state index contributed by atoms with van der Waals surface area (Å²) in [6.07, 6.45) is 1.73. The molecule has 1 heterocycles. The van der Waals surface area contributed by atoms with Gasteiger partial charge >= 0.3 is 0 Å².